The first-order valence-corrected chi connectivity index (χ1v) is 9.01. The van der Waals surface area contributed by atoms with Crippen molar-refractivity contribution in [3.63, 3.8) is 0 Å². The molecule has 1 fully saturated rings. The lowest BCUT2D eigenvalue weighted by Gasteiger charge is -2.34. The second kappa shape index (κ2) is 7.72. The number of anilines is 1. The first kappa shape index (κ1) is 16.9. The van der Waals surface area contributed by atoms with Crippen molar-refractivity contribution in [1.29, 1.82) is 0 Å². The van der Waals surface area contributed by atoms with Crippen molar-refractivity contribution in [2.75, 3.05) is 31.5 Å². The van der Waals surface area contributed by atoms with Gasteiger partial charge in [-0.2, -0.15) is 0 Å². The van der Waals surface area contributed by atoms with Gasteiger partial charge in [-0.25, -0.2) is 0 Å². The highest BCUT2D eigenvalue weighted by Gasteiger charge is 2.18. The van der Waals surface area contributed by atoms with Crippen molar-refractivity contribution in [2.24, 2.45) is 0 Å². The van der Waals surface area contributed by atoms with Gasteiger partial charge in [0.1, 0.15) is 10.0 Å². The Bertz CT molecular complexity index is 677. The van der Waals surface area contributed by atoms with Gasteiger partial charge in [-0.05, 0) is 24.6 Å². The van der Waals surface area contributed by atoms with Crippen molar-refractivity contribution >= 4 is 22.9 Å². The first-order valence-electron chi connectivity index (χ1n) is 8.20. The van der Waals surface area contributed by atoms with E-state index in [1.807, 2.05) is 11.8 Å². The Balaban J connectivity index is 1.47. The molecule has 0 spiro atoms. The summed E-state index contributed by atoms with van der Waals surface area (Å²) in [4.78, 5) is 15.7. The molecule has 1 aliphatic heterocycles. The summed E-state index contributed by atoms with van der Waals surface area (Å²) in [5.74, 6) is 0.177. The van der Waals surface area contributed by atoms with E-state index in [1.165, 1.54) is 5.56 Å². The van der Waals surface area contributed by atoms with Crippen LogP contribution in [0.15, 0.2) is 24.3 Å². The number of benzene rings is 1. The number of aryl methyl sites for hydroxylation is 1. The van der Waals surface area contributed by atoms with Gasteiger partial charge < -0.3 is 10.2 Å². The van der Waals surface area contributed by atoms with Crippen LogP contribution in [-0.2, 0) is 17.9 Å². The van der Waals surface area contributed by atoms with Crippen molar-refractivity contribution < 1.29 is 4.79 Å². The number of nitrogens with one attached hydrogen (secondary N) is 1. The van der Waals surface area contributed by atoms with E-state index in [1.54, 1.807) is 18.3 Å². The Morgan fingerprint density at radius 1 is 1.17 bits per heavy atom. The van der Waals surface area contributed by atoms with Crippen LogP contribution < -0.4 is 5.32 Å². The number of carbonyl (C=O) groups excluding carboxylic acids is 1. The molecule has 1 aromatic carbocycles. The molecule has 7 heteroatoms. The van der Waals surface area contributed by atoms with E-state index < -0.39 is 0 Å². The number of hydrogen-bond donors (Lipinski definition) is 1. The van der Waals surface area contributed by atoms with Crippen LogP contribution in [0.25, 0.3) is 0 Å². The van der Waals surface area contributed by atoms with Crippen LogP contribution in [0.4, 0.5) is 5.69 Å². The number of piperazine rings is 1. The molecule has 2 aromatic rings. The molecule has 0 atom stereocenters. The third kappa shape index (κ3) is 4.52. The van der Waals surface area contributed by atoms with Gasteiger partial charge in [0.25, 0.3) is 0 Å². The lowest BCUT2D eigenvalue weighted by molar-refractivity contribution is -0.130. The minimum atomic E-state index is 0.177. The summed E-state index contributed by atoms with van der Waals surface area (Å²) in [6, 6.07) is 8.53. The van der Waals surface area contributed by atoms with E-state index in [4.69, 9.17) is 0 Å². The second-order valence-electron chi connectivity index (χ2n) is 6.05. The van der Waals surface area contributed by atoms with Gasteiger partial charge in [0.05, 0.1) is 6.54 Å². The average Bonchev–Trinajstić information content (AvgIpc) is 3.00. The number of amides is 1. The summed E-state index contributed by atoms with van der Waals surface area (Å²) in [5.41, 5.74) is 2.39. The molecule has 0 unspecified atom stereocenters. The number of aromatic nitrogens is 2. The molecule has 6 nitrogen and oxygen atoms in total. The largest absolute Gasteiger partial charge is 0.378 e. The van der Waals surface area contributed by atoms with Gasteiger partial charge in [0, 0.05) is 45.3 Å². The monoisotopic (exact) mass is 345 g/mol. The summed E-state index contributed by atoms with van der Waals surface area (Å²) in [6.45, 7) is 8.79. The zero-order valence-corrected chi connectivity index (χ0v) is 15.0. The van der Waals surface area contributed by atoms with Crippen molar-refractivity contribution in [2.45, 2.75) is 26.9 Å². The zero-order valence-electron chi connectivity index (χ0n) is 14.2. The Morgan fingerprint density at radius 2 is 1.88 bits per heavy atom. The number of carbonyl (C=O) groups is 1. The van der Waals surface area contributed by atoms with Crippen molar-refractivity contribution in [3.05, 3.63) is 39.8 Å². The molecule has 3 rings (SSSR count). The zero-order chi connectivity index (χ0) is 16.9. The molecule has 128 valence electrons. The molecule has 0 bridgehead atoms. The van der Waals surface area contributed by atoms with Crippen LogP contribution in [-0.4, -0.2) is 52.1 Å². The van der Waals surface area contributed by atoms with Gasteiger partial charge in [-0.3, -0.25) is 9.69 Å². The van der Waals surface area contributed by atoms with E-state index in [2.05, 4.69) is 44.7 Å². The second-order valence-corrected chi connectivity index (χ2v) is 7.31. The topological polar surface area (TPSA) is 61.4 Å². The highest BCUT2D eigenvalue weighted by Crippen LogP contribution is 2.15. The summed E-state index contributed by atoms with van der Waals surface area (Å²) < 4.78 is 0. The lowest BCUT2D eigenvalue weighted by Crippen LogP contribution is -2.47. The van der Waals surface area contributed by atoms with Gasteiger partial charge in [0.15, 0.2) is 0 Å². The molecule has 0 aliphatic carbocycles. The quantitative estimate of drug-likeness (QED) is 0.899. The lowest BCUT2D eigenvalue weighted by atomic mass is 10.1. The van der Waals surface area contributed by atoms with Crippen molar-refractivity contribution in [3.8, 4) is 0 Å². The van der Waals surface area contributed by atoms with Gasteiger partial charge >= 0.3 is 0 Å². The molecule has 0 saturated carbocycles. The maximum atomic E-state index is 11.4. The van der Waals surface area contributed by atoms with Crippen LogP contribution in [0.3, 0.4) is 0 Å². The average molecular weight is 345 g/mol. The summed E-state index contributed by atoms with van der Waals surface area (Å²) >= 11 is 1.62. The Hall–Kier alpha value is -1.99. The highest BCUT2D eigenvalue weighted by molar-refractivity contribution is 7.11. The van der Waals surface area contributed by atoms with E-state index >= 15 is 0 Å². The third-order valence-corrected chi connectivity index (χ3v) is 5.03. The summed E-state index contributed by atoms with van der Waals surface area (Å²) in [7, 11) is 0. The van der Waals surface area contributed by atoms with Crippen molar-refractivity contribution in [1.82, 2.24) is 20.0 Å². The van der Waals surface area contributed by atoms with E-state index in [-0.39, 0.29) is 5.91 Å². The van der Waals surface area contributed by atoms with Crippen LogP contribution >= 0.6 is 11.3 Å². The molecule has 1 aliphatic rings. The fourth-order valence-corrected chi connectivity index (χ4v) is 3.44. The Morgan fingerprint density at radius 3 is 2.46 bits per heavy atom. The van der Waals surface area contributed by atoms with Crippen LogP contribution in [0.5, 0.6) is 0 Å². The van der Waals surface area contributed by atoms with Gasteiger partial charge in [-0.15, -0.1) is 10.2 Å². The fraction of sp³-hybridized carbons (Fsp3) is 0.471. The molecule has 1 N–H and O–H groups in total. The normalized spacial score (nSPS) is 15.5. The van der Waals surface area contributed by atoms with E-state index in [0.717, 1.165) is 48.4 Å². The molecular formula is C17H23N5OS. The maximum Gasteiger partial charge on any atom is 0.219 e. The molecule has 2 heterocycles. The SMILES string of the molecule is CC(=O)N1CCN(Cc2ccc(NCc3nnc(C)s3)cc2)CC1. The molecule has 24 heavy (non-hydrogen) atoms. The predicted molar refractivity (Wildman–Crippen MR) is 95.9 cm³/mol. The van der Waals surface area contributed by atoms with Crippen LogP contribution in [0.1, 0.15) is 22.5 Å². The van der Waals surface area contributed by atoms with Gasteiger partial charge in [0.2, 0.25) is 5.91 Å². The first-order chi connectivity index (χ1) is 11.6. The minimum absolute atomic E-state index is 0.177. The molecule has 1 saturated heterocycles. The Kier molecular flexibility index (Phi) is 5.42. The number of rotatable bonds is 5. The Labute approximate surface area is 146 Å². The molecule has 1 amide bonds. The third-order valence-electron chi connectivity index (χ3n) is 4.19. The van der Waals surface area contributed by atoms with E-state index in [9.17, 15) is 4.79 Å². The van der Waals surface area contributed by atoms with Crippen LogP contribution in [0, 0.1) is 6.92 Å². The minimum Gasteiger partial charge on any atom is -0.378 e. The standard InChI is InChI=1S/C17H23N5OS/c1-13-19-20-17(24-13)11-18-16-5-3-15(4-6-16)12-21-7-9-22(10-8-21)14(2)23/h3-6,18H,7-12H2,1-2H3. The number of nitrogens with zero attached hydrogens (tertiary/aromatic N) is 4. The number of hydrogen-bond acceptors (Lipinski definition) is 6. The molecule has 1 aromatic heterocycles. The van der Waals surface area contributed by atoms with Crippen LogP contribution in [0.2, 0.25) is 0 Å². The summed E-state index contributed by atoms with van der Waals surface area (Å²) in [5, 5.41) is 13.5. The molecule has 0 radical (unpaired) electrons. The maximum absolute atomic E-state index is 11.4. The fourth-order valence-electron chi connectivity index (χ4n) is 2.79. The predicted octanol–water partition coefficient (Wildman–Crippen LogP) is 2.12. The molecular weight excluding hydrogens is 322 g/mol. The highest BCUT2D eigenvalue weighted by atomic mass is 32.1. The smallest absolute Gasteiger partial charge is 0.219 e. The summed E-state index contributed by atoms with van der Waals surface area (Å²) in [6.07, 6.45) is 0. The van der Waals surface area contributed by atoms with Gasteiger partial charge in [-0.1, -0.05) is 23.5 Å². The van der Waals surface area contributed by atoms with E-state index in [0.29, 0.717) is 6.54 Å².